The van der Waals surface area contributed by atoms with E-state index >= 15 is 0 Å². The lowest BCUT2D eigenvalue weighted by Gasteiger charge is -2.23. The van der Waals surface area contributed by atoms with Gasteiger partial charge in [-0.2, -0.15) is 0 Å². The summed E-state index contributed by atoms with van der Waals surface area (Å²) in [5.41, 5.74) is 8.51. The first-order chi connectivity index (χ1) is 14.7. The Hall–Kier alpha value is -2.34. The molecule has 0 nitrogen and oxygen atoms in total. The van der Waals surface area contributed by atoms with Crippen molar-refractivity contribution in [3.05, 3.63) is 106 Å². The van der Waals surface area contributed by atoms with Crippen molar-refractivity contribution in [2.24, 2.45) is 0 Å². The Bertz CT molecular complexity index is 883. The minimum atomic E-state index is 0.171. The summed E-state index contributed by atoms with van der Waals surface area (Å²) in [6.07, 6.45) is 2.35. The molecule has 0 bridgehead atoms. The summed E-state index contributed by atoms with van der Waals surface area (Å²) < 4.78 is 0. The molecule has 0 fully saturated rings. The van der Waals surface area contributed by atoms with Gasteiger partial charge in [0.25, 0.3) is 0 Å². The molecule has 0 N–H and O–H groups in total. The second-order valence-electron chi connectivity index (χ2n) is 10.3. The lowest BCUT2D eigenvalue weighted by atomic mass is 9.81. The summed E-state index contributed by atoms with van der Waals surface area (Å²) in [4.78, 5) is 0. The molecule has 2 atom stereocenters. The van der Waals surface area contributed by atoms with E-state index in [2.05, 4.69) is 121 Å². The first kappa shape index (κ1) is 23.3. The Morgan fingerprint density at radius 3 is 1.10 bits per heavy atom. The molecule has 0 aliphatic heterocycles. The Balaban J connectivity index is 2.03. The van der Waals surface area contributed by atoms with Gasteiger partial charge in [0.05, 0.1) is 0 Å². The molecule has 164 valence electrons. The number of hydrogen-bond donors (Lipinski definition) is 0. The van der Waals surface area contributed by atoms with E-state index in [4.69, 9.17) is 0 Å². The van der Waals surface area contributed by atoms with Crippen molar-refractivity contribution >= 4 is 0 Å². The number of rotatable bonds is 7. The molecule has 3 rings (SSSR count). The van der Waals surface area contributed by atoms with E-state index in [9.17, 15) is 0 Å². The molecule has 0 saturated carbocycles. The molecule has 0 radical (unpaired) electrons. The maximum Gasteiger partial charge on any atom is 0.0339 e. The van der Waals surface area contributed by atoms with Crippen molar-refractivity contribution in [1.29, 1.82) is 0 Å². The van der Waals surface area contributed by atoms with Crippen LogP contribution in [0.3, 0.4) is 0 Å². The van der Waals surface area contributed by atoms with Gasteiger partial charge in [-0.3, -0.25) is 0 Å². The van der Waals surface area contributed by atoms with E-state index < -0.39 is 0 Å². The predicted molar refractivity (Wildman–Crippen MR) is 136 cm³/mol. The van der Waals surface area contributed by atoms with Crippen LogP contribution in [-0.4, -0.2) is 0 Å². The van der Waals surface area contributed by atoms with Gasteiger partial charge in [0, 0.05) is 5.92 Å². The molecule has 31 heavy (non-hydrogen) atoms. The van der Waals surface area contributed by atoms with Crippen LogP contribution >= 0.6 is 0 Å². The fourth-order valence-corrected chi connectivity index (χ4v) is 4.26. The molecule has 0 spiro atoms. The predicted octanol–water partition coefficient (Wildman–Crippen LogP) is 9.19. The highest BCUT2D eigenvalue weighted by atomic mass is 14.2. The first-order valence-electron chi connectivity index (χ1n) is 12.0. The highest BCUT2D eigenvalue weighted by Crippen LogP contribution is 2.35. The van der Waals surface area contributed by atoms with Crippen LogP contribution in [0.4, 0.5) is 0 Å². The van der Waals surface area contributed by atoms with Crippen molar-refractivity contribution < 1.29 is 0 Å². The molecule has 0 saturated heterocycles. The Labute approximate surface area is 190 Å². The van der Waals surface area contributed by atoms with Gasteiger partial charge in [0.2, 0.25) is 0 Å². The van der Waals surface area contributed by atoms with E-state index in [1.807, 2.05) is 0 Å². The van der Waals surface area contributed by atoms with Gasteiger partial charge in [-0.15, -0.1) is 0 Å². The highest BCUT2D eigenvalue weighted by Gasteiger charge is 2.20. The summed E-state index contributed by atoms with van der Waals surface area (Å²) in [5, 5.41) is 0. The van der Waals surface area contributed by atoms with Crippen LogP contribution in [0.5, 0.6) is 0 Å². The summed E-state index contributed by atoms with van der Waals surface area (Å²) in [6, 6.07) is 27.9. The molecular weight excluding hydrogens is 372 g/mol. The average Bonchev–Trinajstić information content (AvgIpc) is 2.79. The van der Waals surface area contributed by atoms with E-state index in [0.29, 0.717) is 11.8 Å². The highest BCUT2D eigenvalue weighted by molar-refractivity contribution is 5.46. The third-order valence-corrected chi connectivity index (χ3v) is 7.01. The standard InChI is InChI=1S/C31H40/c1-8-22(3)24-10-14-26(15-11-24)30(27-16-12-25(13-17-27)23(4)9-2)28-18-20-29(21-19-28)31(5,6)7/h10-23,30H,8-9H2,1-7H3. The Morgan fingerprint density at radius 1 is 0.516 bits per heavy atom. The van der Waals surface area contributed by atoms with Crippen LogP contribution < -0.4 is 0 Å². The van der Waals surface area contributed by atoms with Crippen molar-refractivity contribution in [2.75, 3.05) is 0 Å². The number of benzene rings is 3. The van der Waals surface area contributed by atoms with Crippen LogP contribution in [0.2, 0.25) is 0 Å². The zero-order valence-corrected chi connectivity index (χ0v) is 20.6. The van der Waals surface area contributed by atoms with Crippen molar-refractivity contribution in [1.82, 2.24) is 0 Å². The molecule has 0 aromatic heterocycles. The van der Waals surface area contributed by atoms with Crippen LogP contribution in [0.25, 0.3) is 0 Å². The summed E-state index contributed by atoms with van der Waals surface area (Å²) in [5.74, 6) is 1.47. The van der Waals surface area contributed by atoms with Gasteiger partial charge >= 0.3 is 0 Å². The van der Waals surface area contributed by atoms with Gasteiger partial charge in [-0.25, -0.2) is 0 Å². The normalized spacial score (nSPS) is 14.8. The summed E-state index contributed by atoms with van der Waals surface area (Å²) in [7, 11) is 0. The van der Waals surface area contributed by atoms with Gasteiger partial charge in [-0.1, -0.05) is 121 Å². The second kappa shape index (κ2) is 9.86. The fourth-order valence-electron chi connectivity index (χ4n) is 4.26. The molecule has 3 aromatic carbocycles. The average molecular weight is 413 g/mol. The van der Waals surface area contributed by atoms with E-state index in [0.717, 1.165) is 0 Å². The zero-order chi connectivity index (χ0) is 22.6. The maximum atomic E-state index is 2.34. The molecule has 0 aliphatic carbocycles. The Morgan fingerprint density at radius 2 is 0.806 bits per heavy atom. The molecule has 0 aliphatic rings. The number of hydrogen-bond acceptors (Lipinski definition) is 0. The van der Waals surface area contributed by atoms with E-state index in [-0.39, 0.29) is 11.3 Å². The van der Waals surface area contributed by atoms with Gasteiger partial charge in [-0.05, 0) is 63.5 Å². The summed E-state index contributed by atoms with van der Waals surface area (Å²) >= 11 is 0. The minimum absolute atomic E-state index is 0.171. The SMILES string of the molecule is CCC(C)c1ccc(C(c2ccc(C(C)CC)cc2)c2ccc(C(C)(C)C)cc2)cc1. The second-order valence-corrected chi connectivity index (χ2v) is 10.3. The maximum absolute atomic E-state index is 2.34. The van der Waals surface area contributed by atoms with Gasteiger partial charge in [0.15, 0.2) is 0 Å². The van der Waals surface area contributed by atoms with Crippen LogP contribution in [0, 0.1) is 0 Å². The van der Waals surface area contributed by atoms with Crippen LogP contribution in [0.1, 0.15) is 112 Å². The van der Waals surface area contributed by atoms with Crippen LogP contribution in [0.15, 0.2) is 72.8 Å². The Kier molecular flexibility index (Phi) is 7.42. The van der Waals surface area contributed by atoms with Crippen molar-refractivity contribution in [3.8, 4) is 0 Å². The smallest absolute Gasteiger partial charge is 0.0339 e. The molecular formula is C31H40. The third kappa shape index (κ3) is 5.48. The van der Waals surface area contributed by atoms with Crippen molar-refractivity contribution in [2.45, 2.75) is 84.5 Å². The quantitative estimate of drug-likeness (QED) is 0.339. The van der Waals surface area contributed by atoms with E-state index in [1.54, 1.807) is 0 Å². The first-order valence-corrected chi connectivity index (χ1v) is 12.0. The molecule has 2 unspecified atom stereocenters. The molecule has 0 heterocycles. The molecule has 0 heteroatoms. The van der Waals surface area contributed by atoms with Gasteiger partial charge < -0.3 is 0 Å². The zero-order valence-electron chi connectivity index (χ0n) is 20.6. The lowest BCUT2D eigenvalue weighted by molar-refractivity contribution is 0.590. The summed E-state index contributed by atoms with van der Waals surface area (Å²) in [6.45, 7) is 16.0. The molecule has 0 amide bonds. The van der Waals surface area contributed by atoms with Crippen LogP contribution in [-0.2, 0) is 5.41 Å². The largest absolute Gasteiger partial charge is 0.0648 e. The van der Waals surface area contributed by atoms with E-state index in [1.165, 1.54) is 46.2 Å². The minimum Gasteiger partial charge on any atom is -0.0648 e. The van der Waals surface area contributed by atoms with Gasteiger partial charge in [0.1, 0.15) is 0 Å². The lowest BCUT2D eigenvalue weighted by Crippen LogP contribution is -2.11. The fraction of sp³-hybridized carbons (Fsp3) is 0.419. The topological polar surface area (TPSA) is 0 Å². The molecule has 3 aromatic rings. The monoisotopic (exact) mass is 412 g/mol. The third-order valence-electron chi connectivity index (χ3n) is 7.01. The van der Waals surface area contributed by atoms with Crippen molar-refractivity contribution in [3.63, 3.8) is 0 Å².